The van der Waals surface area contributed by atoms with Crippen molar-refractivity contribution in [2.24, 2.45) is 0 Å². The second-order valence-electron chi connectivity index (χ2n) is 3.48. The molecule has 2 N–H and O–H groups in total. The van der Waals surface area contributed by atoms with Crippen LogP contribution in [0.1, 0.15) is 15.9 Å². The molecule has 0 amide bonds. The number of carbonyl (C=O) groups is 1. The fraction of sp³-hybridized carbons (Fsp3) is 0.364. The minimum absolute atomic E-state index is 0.370. The van der Waals surface area contributed by atoms with Crippen LogP contribution in [-0.2, 0) is 6.18 Å². The van der Waals surface area contributed by atoms with Crippen molar-refractivity contribution >= 4 is 23.4 Å². The summed E-state index contributed by atoms with van der Waals surface area (Å²) in [5.74, 6) is -0.806. The molecule has 0 saturated carbocycles. The number of aromatic carboxylic acids is 1. The lowest BCUT2D eigenvalue weighted by Gasteiger charge is -2.12. The molecule has 0 atom stereocenters. The molecule has 0 spiro atoms. The number of carboxylic acid groups (broad SMARTS) is 1. The van der Waals surface area contributed by atoms with Gasteiger partial charge in [-0.15, -0.1) is 0 Å². The summed E-state index contributed by atoms with van der Waals surface area (Å²) in [5, 5.41) is 11.7. The largest absolute Gasteiger partial charge is 0.478 e. The zero-order chi connectivity index (χ0) is 13.8. The van der Waals surface area contributed by atoms with Gasteiger partial charge in [-0.1, -0.05) is 0 Å². The number of hydrogen-bond donors (Lipinski definition) is 2. The molecule has 0 saturated heterocycles. The molecule has 7 heteroatoms. The van der Waals surface area contributed by atoms with Gasteiger partial charge < -0.3 is 10.4 Å². The smallest absolute Gasteiger partial charge is 0.417 e. The first-order valence-electron chi connectivity index (χ1n) is 5.03. The highest BCUT2D eigenvalue weighted by Crippen LogP contribution is 2.33. The lowest BCUT2D eigenvalue weighted by Crippen LogP contribution is -2.14. The van der Waals surface area contributed by atoms with E-state index < -0.39 is 23.3 Å². The van der Waals surface area contributed by atoms with Gasteiger partial charge in [-0.25, -0.2) is 4.79 Å². The van der Waals surface area contributed by atoms with Crippen LogP contribution in [0.15, 0.2) is 18.2 Å². The number of carboxylic acids is 1. The van der Waals surface area contributed by atoms with Crippen molar-refractivity contribution in [1.29, 1.82) is 0 Å². The average molecular weight is 279 g/mol. The topological polar surface area (TPSA) is 49.3 Å². The Morgan fingerprint density at radius 1 is 1.44 bits per heavy atom. The molecule has 1 aromatic carbocycles. The van der Waals surface area contributed by atoms with E-state index in [0.29, 0.717) is 12.2 Å². The summed E-state index contributed by atoms with van der Waals surface area (Å²) in [6.45, 7) is 0.561. The number of benzene rings is 1. The maximum absolute atomic E-state index is 12.6. The highest BCUT2D eigenvalue weighted by atomic mass is 32.2. The predicted octanol–water partition coefficient (Wildman–Crippen LogP) is 3.18. The average Bonchev–Trinajstić information content (AvgIpc) is 2.27. The lowest BCUT2D eigenvalue weighted by molar-refractivity contribution is -0.138. The molecule has 3 nitrogen and oxygen atoms in total. The zero-order valence-corrected chi connectivity index (χ0v) is 10.4. The minimum atomic E-state index is -4.66. The van der Waals surface area contributed by atoms with Gasteiger partial charge in [0.05, 0.1) is 11.1 Å². The van der Waals surface area contributed by atoms with E-state index in [1.165, 1.54) is 6.07 Å². The Bertz CT molecular complexity index is 435. The molecule has 1 aromatic rings. The molecule has 0 aromatic heterocycles. The van der Waals surface area contributed by atoms with Crippen LogP contribution >= 0.6 is 11.8 Å². The van der Waals surface area contributed by atoms with Gasteiger partial charge in [0.1, 0.15) is 0 Å². The van der Waals surface area contributed by atoms with Crippen LogP contribution in [0.5, 0.6) is 0 Å². The van der Waals surface area contributed by atoms with Crippen molar-refractivity contribution in [2.75, 3.05) is 23.9 Å². The predicted molar refractivity (Wildman–Crippen MR) is 65.3 cm³/mol. The highest BCUT2D eigenvalue weighted by molar-refractivity contribution is 7.98. The molecule has 0 bridgehead atoms. The molecule has 18 heavy (non-hydrogen) atoms. The quantitative estimate of drug-likeness (QED) is 0.813. The van der Waals surface area contributed by atoms with E-state index in [2.05, 4.69) is 5.32 Å². The maximum Gasteiger partial charge on any atom is 0.417 e. The van der Waals surface area contributed by atoms with E-state index in [1.807, 2.05) is 6.26 Å². The number of thioether (sulfide) groups is 1. The van der Waals surface area contributed by atoms with Crippen LogP contribution in [0.25, 0.3) is 0 Å². The fourth-order valence-electron chi connectivity index (χ4n) is 1.38. The molecule has 1 rings (SSSR count). The number of alkyl halides is 3. The Balaban J connectivity index is 3.01. The summed E-state index contributed by atoms with van der Waals surface area (Å²) in [4.78, 5) is 10.8. The molecular formula is C11H12F3NO2S. The van der Waals surface area contributed by atoms with Gasteiger partial charge in [0.25, 0.3) is 0 Å². The van der Waals surface area contributed by atoms with Crippen LogP contribution in [0.3, 0.4) is 0 Å². The Hall–Kier alpha value is -1.37. The summed E-state index contributed by atoms with van der Waals surface area (Å²) >= 11 is 1.58. The standard InChI is InChI=1S/C11H12F3NO2S/c1-18-5-4-15-7-2-3-9(11(12,13)14)8(6-7)10(16)17/h2-3,6,15H,4-5H2,1H3,(H,16,17). The van der Waals surface area contributed by atoms with Crippen LogP contribution < -0.4 is 5.32 Å². The van der Waals surface area contributed by atoms with E-state index in [1.54, 1.807) is 11.8 Å². The van der Waals surface area contributed by atoms with Gasteiger partial charge in [-0.2, -0.15) is 24.9 Å². The third-order valence-corrected chi connectivity index (χ3v) is 2.80. The number of rotatable bonds is 5. The summed E-state index contributed by atoms with van der Waals surface area (Å²) in [5.41, 5.74) is -1.50. The Morgan fingerprint density at radius 2 is 2.11 bits per heavy atom. The monoisotopic (exact) mass is 279 g/mol. The third-order valence-electron chi connectivity index (χ3n) is 2.19. The van der Waals surface area contributed by atoms with Crippen molar-refractivity contribution in [1.82, 2.24) is 0 Å². The second kappa shape index (κ2) is 5.99. The minimum Gasteiger partial charge on any atom is -0.478 e. The van der Waals surface area contributed by atoms with E-state index in [0.717, 1.165) is 17.9 Å². The van der Waals surface area contributed by atoms with Gasteiger partial charge >= 0.3 is 12.1 Å². The second-order valence-corrected chi connectivity index (χ2v) is 4.47. The van der Waals surface area contributed by atoms with Crippen LogP contribution in [-0.4, -0.2) is 29.6 Å². The summed E-state index contributed by atoms with van der Waals surface area (Å²) in [6, 6.07) is 3.02. The zero-order valence-electron chi connectivity index (χ0n) is 9.54. The molecule has 0 fully saturated rings. The molecule has 0 heterocycles. The molecule has 0 aliphatic carbocycles. The van der Waals surface area contributed by atoms with Gasteiger partial charge in [-0.3, -0.25) is 0 Å². The molecule has 0 aliphatic rings. The first kappa shape index (κ1) is 14.7. The van der Waals surface area contributed by atoms with Gasteiger partial charge in [0.2, 0.25) is 0 Å². The normalized spacial score (nSPS) is 11.3. The van der Waals surface area contributed by atoms with E-state index >= 15 is 0 Å². The fourth-order valence-corrected chi connectivity index (χ4v) is 1.68. The van der Waals surface area contributed by atoms with E-state index in [-0.39, 0.29) is 0 Å². The van der Waals surface area contributed by atoms with Crippen molar-refractivity contribution in [3.8, 4) is 0 Å². The third kappa shape index (κ3) is 3.83. The Kier molecular flexibility index (Phi) is 4.89. The summed E-state index contributed by atoms with van der Waals surface area (Å²) < 4.78 is 37.7. The van der Waals surface area contributed by atoms with Crippen LogP contribution in [0.4, 0.5) is 18.9 Å². The van der Waals surface area contributed by atoms with Crippen molar-refractivity contribution in [3.63, 3.8) is 0 Å². The van der Waals surface area contributed by atoms with Crippen LogP contribution in [0.2, 0.25) is 0 Å². The first-order valence-corrected chi connectivity index (χ1v) is 6.43. The Morgan fingerprint density at radius 3 is 2.61 bits per heavy atom. The van der Waals surface area contributed by atoms with E-state index in [4.69, 9.17) is 5.11 Å². The van der Waals surface area contributed by atoms with Crippen molar-refractivity contribution in [2.45, 2.75) is 6.18 Å². The Labute approximate surface area is 106 Å². The van der Waals surface area contributed by atoms with Gasteiger partial charge in [0.15, 0.2) is 0 Å². The number of anilines is 1. The number of hydrogen-bond acceptors (Lipinski definition) is 3. The number of nitrogens with one attached hydrogen (secondary N) is 1. The molecule has 100 valence electrons. The molecule has 0 aliphatic heterocycles. The van der Waals surface area contributed by atoms with Crippen LogP contribution in [0, 0.1) is 0 Å². The molecule has 0 unspecified atom stereocenters. The maximum atomic E-state index is 12.6. The van der Waals surface area contributed by atoms with Gasteiger partial charge in [0, 0.05) is 18.0 Å². The summed E-state index contributed by atoms with van der Waals surface area (Å²) in [6.07, 6.45) is -2.76. The number of halogens is 3. The molecule has 0 radical (unpaired) electrons. The van der Waals surface area contributed by atoms with Crippen molar-refractivity contribution < 1.29 is 23.1 Å². The lowest BCUT2D eigenvalue weighted by atomic mass is 10.1. The first-order chi connectivity index (χ1) is 8.36. The van der Waals surface area contributed by atoms with Gasteiger partial charge in [-0.05, 0) is 24.5 Å². The summed E-state index contributed by atoms with van der Waals surface area (Å²) in [7, 11) is 0. The molecular weight excluding hydrogens is 267 g/mol. The van der Waals surface area contributed by atoms with Crippen molar-refractivity contribution in [3.05, 3.63) is 29.3 Å². The SMILES string of the molecule is CSCCNc1ccc(C(F)(F)F)c(C(=O)O)c1. The van der Waals surface area contributed by atoms with E-state index in [9.17, 15) is 18.0 Å². The highest BCUT2D eigenvalue weighted by Gasteiger charge is 2.35.